The lowest BCUT2D eigenvalue weighted by Crippen LogP contribution is -2.49. The number of likely N-dealkylation sites (tertiary alicyclic amines) is 1. The number of rotatable bonds is 1. The van der Waals surface area contributed by atoms with E-state index in [2.05, 4.69) is 11.9 Å². The van der Waals surface area contributed by atoms with Crippen molar-refractivity contribution >= 4 is 0 Å². The van der Waals surface area contributed by atoms with Crippen LogP contribution in [0.2, 0.25) is 0 Å². The summed E-state index contributed by atoms with van der Waals surface area (Å²) in [5.41, 5.74) is -0.344. The van der Waals surface area contributed by atoms with Crippen molar-refractivity contribution in [1.82, 2.24) is 4.90 Å². The fourth-order valence-electron chi connectivity index (χ4n) is 3.09. The van der Waals surface area contributed by atoms with Crippen molar-refractivity contribution in [2.45, 2.75) is 56.6 Å². The van der Waals surface area contributed by atoms with Crippen LogP contribution in [-0.4, -0.2) is 35.2 Å². The van der Waals surface area contributed by atoms with Crippen molar-refractivity contribution in [1.29, 1.82) is 0 Å². The van der Waals surface area contributed by atoms with Crippen molar-refractivity contribution in [3.63, 3.8) is 0 Å². The highest BCUT2D eigenvalue weighted by atomic mass is 16.3. The van der Waals surface area contributed by atoms with Gasteiger partial charge in [0, 0.05) is 6.04 Å². The largest absolute Gasteiger partial charge is 0.388 e. The lowest BCUT2D eigenvalue weighted by atomic mass is 9.78. The molecule has 1 saturated carbocycles. The molecular weight excluding hydrogens is 162 g/mol. The molecule has 1 saturated heterocycles. The summed E-state index contributed by atoms with van der Waals surface area (Å²) in [6.45, 7) is 1.17. The molecule has 2 heteroatoms. The summed E-state index contributed by atoms with van der Waals surface area (Å²) in [7, 11) is 2.16. The molecule has 2 nitrogen and oxygen atoms in total. The first-order valence-corrected chi connectivity index (χ1v) is 5.65. The minimum atomic E-state index is -0.344. The Morgan fingerprint density at radius 2 is 1.85 bits per heavy atom. The molecule has 2 aliphatic rings. The third-order valence-electron chi connectivity index (χ3n) is 3.86. The van der Waals surface area contributed by atoms with Crippen LogP contribution in [0.25, 0.3) is 0 Å². The smallest absolute Gasteiger partial charge is 0.0802 e. The van der Waals surface area contributed by atoms with Crippen LogP contribution in [0, 0.1) is 0 Å². The summed E-state index contributed by atoms with van der Waals surface area (Å²) in [5.74, 6) is 0. The van der Waals surface area contributed by atoms with Gasteiger partial charge >= 0.3 is 0 Å². The second kappa shape index (κ2) is 3.58. The molecule has 1 atom stereocenters. The molecular formula is C11H21NO. The zero-order valence-electron chi connectivity index (χ0n) is 8.63. The van der Waals surface area contributed by atoms with E-state index in [1.54, 1.807) is 0 Å². The maximum absolute atomic E-state index is 10.5. The van der Waals surface area contributed by atoms with Gasteiger partial charge < -0.3 is 10.0 Å². The van der Waals surface area contributed by atoms with Crippen molar-refractivity contribution < 1.29 is 5.11 Å². The quantitative estimate of drug-likeness (QED) is 0.670. The summed E-state index contributed by atoms with van der Waals surface area (Å²) in [6, 6.07) is 0.452. The normalized spacial score (nSPS) is 35.1. The first-order chi connectivity index (χ1) is 6.22. The van der Waals surface area contributed by atoms with Gasteiger partial charge in [0.2, 0.25) is 0 Å². The monoisotopic (exact) mass is 183 g/mol. The van der Waals surface area contributed by atoms with Gasteiger partial charge in [-0.05, 0) is 39.3 Å². The second-order valence-electron chi connectivity index (χ2n) is 4.80. The third kappa shape index (κ3) is 1.75. The Kier molecular flexibility index (Phi) is 2.61. The molecule has 1 unspecified atom stereocenters. The van der Waals surface area contributed by atoms with Gasteiger partial charge in [0.25, 0.3) is 0 Å². The van der Waals surface area contributed by atoms with Gasteiger partial charge in [-0.1, -0.05) is 19.3 Å². The third-order valence-corrected chi connectivity index (χ3v) is 3.86. The van der Waals surface area contributed by atoms with Crippen LogP contribution < -0.4 is 0 Å². The zero-order chi connectivity index (χ0) is 9.31. The Morgan fingerprint density at radius 3 is 2.38 bits per heavy atom. The standard InChI is InChI=1S/C11H21NO/c1-12-9-5-6-10(12)11(13)7-3-2-4-8-11/h10,13H,2-9H2,1H3. The Bertz CT molecular complexity index is 175. The molecule has 1 heterocycles. The van der Waals surface area contributed by atoms with Crippen molar-refractivity contribution in [2.24, 2.45) is 0 Å². The Balaban J connectivity index is 2.03. The van der Waals surface area contributed by atoms with E-state index in [0.717, 1.165) is 12.8 Å². The zero-order valence-corrected chi connectivity index (χ0v) is 8.63. The Labute approximate surface area is 80.9 Å². The lowest BCUT2D eigenvalue weighted by molar-refractivity contribution is -0.0542. The van der Waals surface area contributed by atoms with Crippen LogP contribution in [0.4, 0.5) is 0 Å². The summed E-state index contributed by atoms with van der Waals surface area (Å²) in [6.07, 6.45) is 8.29. The SMILES string of the molecule is CN1CCCC1C1(O)CCCCC1. The second-order valence-corrected chi connectivity index (χ2v) is 4.80. The minimum Gasteiger partial charge on any atom is -0.388 e. The number of hydrogen-bond acceptors (Lipinski definition) is 2. The molecule has 0 bridgehead atoms. The lowest BCUT2D eigenvalue weighted by Gasteiger charge is -2.40. The molecule has 1 aliphatic heterocycles. The van der Waals surface area contributed by atoms with Crippen LogP contribution in [0.5, 0.6) is 0 Å². The van der Waals surface area contributed by atoms with Gasteiger partial charge in [-0.3, -0.25) is 0 Å². The fraction of sp³-hybridized carbons (Fsp3) is 1.00. The van der Waals surface area contributed by atoms with E-state index < -0.39 is 0 Å². The maximum atomic E-state index is 10.5. The molecule has 13 heavy (non-hydrogen) atoms. The molecule has 0 radical (unpaired) electrons. The average molecular weight is 183 g/mol. The van der Waals surface area contributed by atoms with E-state index in [4.69, 9.17) is 0 Å². The maximum Gasteiger partial charge on any atom is 0.0802 e. The first-order valence-electron chi connectivity index (χ1n) is 5.65. The topological polar surface area (TPSA) is 23.5 Å². The summed E-state index contributed by atoms with van der Waals surface area (Å²) < 4.78 is 0. The van der Waals surface area contributed by atoms with E-state index in [-0.39, 0.29) is 5.60 Å². The van der Waals surface area contributed by atoms with Crippen molar-refractivity contribution in [2.75, 3.05) is 13.6 Å². The van der Waals surface area contributed by atoms with E-state index in [1.165, 1.54) is 38.6 Å². The highest BCUT2D eigenvalue weighted by molar-refractivity contribution is 4.96. The first kappa shape index (κ1) is 9.47. The van der Waals surface area contributed by atoms with Crippen LogP contribution in [0.15, 0.2) is 0 Å². The van der Waals surface area contributed by atoms with Gasteiger partial charge in [0.1, 0.15) is 0 Å². The molecule has 1 aliphatic carbocycles. The predicted octanol–water partition coefficient (Wildman–Crippen LogP) is 1.78. The fourth-order valence-corrected chi connectivity index (χ4v) is 3.09. The number of nitrogens with zero attached hydrogens (tertiary/aromatic N) is 1. The van der Waals surface area contributed by atoms with Gasteiger partial charge in [-0.25, -0.2) is 0 Å². The molecule has 0 aromatic heterocycles. The number of aliphatic hydroxyl groups is 1. The molecule has 2 rings (SSSR count). The van der Waals surface area contributed by atoms with Gasteiger partial charge in [-0.2, -0.15) is 0 Å². The van der Waals surface area contributed by atoms with Gasteiger partial charge in [0.15, 0.2) is 0 Å². The summed E-state index contributed by atoms with van der Waals surface area (Å²) >= 11 is 0. The molecule has 1 N–H and O–H groups in total. The van der Waals surface area contributed by atoms with Gasteiger partial charge in [-0.15, -0.1) is 0 Å². The van der Waals surface area contributed by atoms with E-state index in [9.17, 15) is 5.11 Å². The van der Waals surface area contributed by atoms with Crippen molar-refractivity contribution in [3.05, 3.63) is 0 Å². The number of hydrogen-bond donors (Lipinski definition) is 1. The highest BCUT2D eigenvalue weighted by Gasteiger charge is 2.41. The van der Waals surface area contributed by atoms with Gasteiger partial charge in [0.05, 0.1) is 5.60 Å². The summed E-state index contributed by atoms with van der Waals surface area (Å²) in [5, 5.41) is 10.5. The molecule has 0 spiro atoms. The van der Waals surface area contributed by atoms with Crippen LogP contribution in [-0.2, 0) is 0 Å². The van der Waals surface area contributed by atoms with Crippen LogP contribution in [0.1, 0.15) is 44.9 Å². The molecule has 0 amide bonds. The highest BCUT2D eigenvalue weighted by Crippen LogP contribution is 2.36. The van der Waals surface area contributed by atoms with Crippen LogP contribution >= 0.6 is 0 Å². The van der Waals surface area contributed by atoms with E-state index in [1.807, 2.05) is 0 Å². The molecule has 0 aromatic carbocycles. The van der Waals surface area contributed by atoms with Crippen LogP contribution in [0.3, 0.4) is 0 Å². The van der Waals surface area contributed by atoms with E-state index >= 15 is 0 Å². The van der Waals surface area contributed by atoms with E-state index in [0.29, 0.717) is 6.04 Å². The summed E-state index contributed by atoms with van der Waals surface area (Å²) in [4.78, 5) is 2.35. The Morgan fingerprint density at radius 1 is 1.15 bits per heavy atom. The van der Waals surface area contributed by atoms with Crippen molar-refractivity contribution in [3.8, 4) is 0 Å². The average Bonchev–Trinajstić information content (AvgIpc) is 2.53. The Hall–Kier alpha value is -0.0800. The molecule has 76 valence electrons. The number of likely N-dealkylation sites (N-methyl/N-ethyl adjacent to an activating group) is 1. The molecule has 2 fully saturated rings. The molecule has 0 aromatic rings. The predicted molar refractivity (Wildman–Crippen MR) is 53.7 cm³/mol. The minimum absolute atomic E-state index is 0.344.